The molecule has 3 aromatic rings. The van der Waals surface area contributed by atoms with Gasteiger partial charge in [-0.1, -0.05) is 60.7 Å². The molecule has 0 aliphatic heterocycles. The number of methoxy groups -OCH3 is 1. The molecule has 0 aromatic heterocycles. The van der Waals surface area contributed by atoms with Gasteiger partial charge >= 0.3 is 0 Å². The van der Waals surface area contributed by atoms with Gasteiger partial charge in [0.1, 0.15) is 17.2 Å². The highest BCUT2D eigenvalue weighted by Gasteiger charge is 1.98. The zero-order chi connectivity index (χ0) is 15.9. The van der Waals surface area contributed by atoms with Gasteiger partial charge in [-0.3, -0.25) is 0 Å². The van der Waals surface area contributed by atoms with Crippen molar-refractivity contribution < 1.29 is 9.47 Å². The van der Waals surface area contributed by atoms with Gasteiger partial charge in [-0.15, -0.1) is 0 Å². The average molecular weight is 302 g/mol. The molecule has 2 heteroatoms. The lowest BCUT2D eigenvalue weighted by atomic mass is 10.1. The topological polar surface area (TPSA) is 18.5 Å². The average Bonchev–Trinajstić information content (AvgIpc) is 2.62. The minimum absolute atomic E-state index is 0.825. The van der Waals surface area contributed by atoms with E-state index in [4.69, 9.17) is 9.47 Å². The Hall–Kier alpha value is -3.00. The maximum absolute atomic E-state index is 5.79. The van der Waals surface area contributed by atoms with E-state index in [9.17, 15) is 0 Å². The number of rotatable bonds is 5. The molecule has 0 unspecified atom stereocenters. The Labute approximate surface area is 136 Å². The summed E-state index contributed by atoms with van der Waals surface area (Å²) in [5.74, 6) is 2.53. The second-order valence-electron chi connectivity index (χ2n) is 5.06. The van der Waals surface area contributed by atoms with E-state index in [0.29, 0.717) is 0 Å². The lowest BCUT2D eigenvalue weighted by molar-refractivity contribution is 0.414. The minimum Gasteiger partial charge on any atom is -0.496 e. The summed E-state index contributed by atoms with van der Waals surface area (Å²) in [5, 5.41) is 0. The van der Waals surface area contributed by atoms with E-state index >= 15 is 0 Å². The van der Waals surface area contributed by atoms with Crippen molar-refractivity contribution in [2.75, 3.05) is 7.11 Å². The third kappa shape index (κ3) is 4.01. The highest BCUT2D eigenvalue weighted by molar-refractivity contribution is 5.72. The van der Waals surface area contributed by atoms with Crippen LogP contribution in [-0.2, 0) is 0 Å². The maximum Gasteiger partial charge on any atom is 0.127 e. The molecule has 0 aliphatic carbocycles. The third-order valence-electron chi connectivity index (χ3n) is 3.45. The normalized spacial score (nSPS) is 10.7. The lowest BCUT2D eigenvalue weighted by Crippen LogP contribution is -1.85. The van der Waals surface area contributed by atoms with Gasteiger partial charge in [0.25, 0.3) is 0 Å². The van der Waals surface area contributed by atoms with E-state index in [0.717, 1.165) is 28.4 Å². The van der Waals surface area contributed by atoms with Crippen LogP contribution in [0, 0.1) is 0 Å². The van der Waals surface area contributed by atoms with E-state index in [-0.39, 0.29) is 0 Å². The number of ether oxygens (including phenoxy) is 2. The fourth-order valence-corrected chi connectivity index (χ4v) is 2.26. The first kappa shape index (κ1) is 14.9. The number of hydrogen-bond donors (Lipinski definition) is 0. The third-order valence-corrected chi connectivity index (χ3v) is 3.45. The van der Waals surface area contributed by atoms with E-state index in [1.54, 1.807) is 7.11 Å². The Bertz CT molecular complexity index is 774. The first-order valence-corrected chi connectivity index (χ1v) is 7.49. The predicted octanol–water partition coefficient (Wildman–Crippen LogP) is 5.66. The molecule has 0 spiro atoms. The van der Waals surface area contributed by atoms with Crippen molar-refractivity contribution >= 4 is 12.2 Å². The summed E-state index contributed by atoms with van der Waals surface area (Å²) in [5.41, 5.74) is 2.16. The van der Waals surface area contributed by atoms with E-state index in [1.165, 1.54) is 0 Å². The molecule has 0 saturated heterocycles. The van der Waals surface area contributed by atoms with Crippen molar-refractivity contribution in [2.24, 2.45) is 0 Å². The molecular weight excluding hydrogens is 284 g/mol. The van der Waals surface area contributed by atoms with E-state index in [2.05, 4.69) is 6.08 Å². The first-order valence-electron chi connectivity index (χ1n) is 7.49. The van der Waals surface area contributed by atoms with Crippen LogP contribution in [0.25, 0.3) is 12.2 Å². The molecule has 3 rings (SSSR count). The van der Waals surface area contributed by atoms with Crippen molar-refractivity contribution in [1.29, 1.82) is 0 Å². The van der Waals surface area contributed by atoms with Crippen LogP contribution in [0.2, 0.25) is 0 Å². The molecule has 0 radical (unpaired) electrons. The predicted molar refractivity (Wildman–Crippen MR) is 94.9 cm³/mol. The van der Waals surface area contributed by atoms with Gasteiger partial charge in [0.15, 0.2) is 0 Å². The molecule has 0 aliphatic rings. The largest absolute Gasteiger partial charge is 0.496 e. The number of benzene rings is 3. The van der Waals surface area contributed by atoms with Crippen LogP contribution in [0.4, 0.5) is 0 Å². The van der Waals surface area contributed by atoms with Crippen LogP contribution < -0.4 is 9.47 Å². The van der Waals surface area contributed by atoms with Gasteiger partial charge in [0.05, 0.1) is 7.11 Å². The van der Waals surface area contributed by atoms with Crippen molar-refractivity contribution in [3.8, 4) is 17.2 Å². The SMILES string of the molecule is COc1ccccc1C=Cc1ccc(Oc2ccccc2)cc1. The molecule has 0 N–H and O–H groups in total. The Balaban J connectivity index is 1.71. The summed E-state index contributed by atoms with van der Waals surface area (Å²) in [7, 11) is 1.68. The van der Waals surface area contributed by atoms with Crippen molar-refractivity contribution in [1.82, 2.24) is 0 Å². The summed E-state index contributed by atoms with van der Waals surface area (Å²) in [6.45, 7) is 0. The molecule has 3 aromatic carbocycles. The lowest BCUT2D eigenvalue weighted by Gasteiger charge is -2.06. The molecule has 0 fully saturated rings. The molecule has 0 atom stereocenters. The van der Waals surface area contributed by atoms with Gasteiger partial charge < -0.3 is 9.47 Å². The summed E-state index contributed by atoms with van der Waals surface area (Å²) in [6, 6.07) is 25.7. The Morgan fingerprint density at radius 3 is 2.04 bits per heavy atom. The summed E-state index contributed by atoms with van der Waals surface area (Å²) >= 11 is 0. The quantitative estimate of drug-likeness (QED) is 0.566. The maximum atomic E-state index is 5.79. The minimum atomic E-state index is 0.825. The highest BCUT2D eigenvalue weighted by atomic mass is 16.5. The number of hydrogen-bond acceptors (Lipinski definition) is 2. The zero-order valence-corrected chi connectivity index (χ0v) is 13.0. The van der Waals surface area contributed by atoms with E-state index in [1.807, 2.05) is 84.9 Å². The van der Waals surface area contributed by atoms with Crippen LogP contribution >= 0.6 is 0 Å². The number of para-hydroxylation sites is 2. The van der Waals surface area contributed by atoms with Crippen LogP contribution in [0.1, 0.15) is 11.1 Å². The molecule has 0 amide bonds. The smallest absolute Gasteiger partial charge is 0.127 e. The molecule has 0 heterocycles. The van der Waals surface area contributed by atoms with E-state index < -0.39 is 0 Å². The Morgan fingerprint density at radius 1 is 0.652 bits per heavy atom. The fourth-order valence-electron chi connectivity index (χ4n) is 2.26. The Kier molecular flexibility index (Phi) is 4.75. The van der Waals surface area contributed by atoms with Crippen molar-refractivity contribution in [3.05, 3.63) is 90.0 Å². The molecule has 2 nitrogen and oxygen atoms in total. The monoisotopic (exact) mass is 302 g/mol. The summed E-state index contributed by atoms with van der Waals surface area (Å²) in [6.07, 6.45) is 4.11. The molecule has 0 saturated carbocycles. The molecule has 0 bridgehead atoms. The van der Waals surface area contributed by atoms with Crippen LogP contribution in [0.3, 0.4) is 0 Å². The highest BCUT2D eigenvalue weighted by Crippen LogP contribution is 2.23. The standard InChI is InChI=1S/C21H18O2/c1-22-21-10-6-5-7-18(21)14-11-17-12-15-20(16-13-17)23-19-8-3-2-4-9-19/h2-16H,1H3. The van der Waals surface area contributed by atoms with Gasteiger partial charge in [-0.2, -0.15) is 0 Å². The first-order chi connectivity index (χ1) is 11.3. The van der Waals surface area contributed by atoms with Crippen molar-refractivity contribution in [3.63, 3.8) is 0 Å². The van der Waals surface area contributed by atoms with Crippen LogP contribution in [0.15, 0.2) is 78.9 Å². The van der Waals surface area contributed by atoms with Crippen molar-refractivity contribution in [2.45, 2.75) is 0 Å². The van der Waals surface area contributed by atoms with Gasteiger partial charge in [-0.25, -0.2) is 0 Å². The van der Waals surface area contributed by atoms with Crippen LogP contribution in [0.5, 0.6) is 17.2 Å². The zero-order valence-electron chi connectivity index (χ0n) is 13.0. The van der Waals surface area contributed by atoms with Crippen LogP contribution in [-0.4, -0.2) is 7.11 Å². The molecular formula is C21H18O2. The second kappa shape index (κ2) is 7.32. The van der Waals surface area contributed by atoms with Gasteiger partial charge in [0, 0.05) is 5.56 Å². The molecule has 114 valence electrons. The van der Waals surface area contributed by atoms with Gasteiger partial charge in [0.2, 0.25) is 0 Å². The summed E-state index contributed by atoms with van der Waals surface area (Å²) < 4.78 is 11.1. The fraction of sp³-hybridized carbons (Fsp3) is 0.0476. The second-order valence-corrected chi connectivity index (χ2v) is 5.06. The summed E-state index contributed by atoms with van der Waals surface area (Å²) in [4.78, 5) is 0. The molecule has 23 heavy (non-hydrogen) atoms. The van der Waals surface area contributed by atoms with Gasteiger partial charge in [-0.05, 0) is 35.9 Å². The Morgan fingerprint density at radius 2 is 1.30 bits per heavy atom.